The highest BCUT2D eigenvalue weighted by Crippen LogP contribution is 2.19. The van der Waals surface area contributed by atoms with Crippen LogP contribution in [0.4, 0.5) is 0 Å². The van der Waals surface area contributed by atoms with Crippen molar-refractivity contribution in [3.05, 3.63) is 11.6 Å². The summed E-state index contributed by atoms with van der Waals surface area (Å²) < 4.78 is 0. The van der Waals surface area contributed by atoms with Crippen LogP contribution < -0.4 is 0 Å². The van der Waals surface area contributed by atoms with Gasteiger partial charge in [0, 0.05) is 0 Å². The fraction of sp³-hybridized carbons (Fsp3) is 0.600. The van der Waals surface area contributed by atoms with E-state index in [0.717, 1.165) is 5.57 Å². The van der Waals surface area contributed by atoms with Gasteiger partial charge in [0.1, 0.15) is 0 Å². The van der Waals surface area contributed by atoms with Gasteiger partial charge in [-0.1, -0.05) is 13.0 Å². The molecule has 0 fully saturated rings. The Labute approximate surface area is 73.9 Å². The second-order valence-corrected chi connectivity index (χ2v) is 3.41. The second-order valence-electron chi connectivity index (χ2n) is 3.41. The van der Waals surface area contributed by atoms with Crippen LogP contribution in [0.3, 0.4) is 0 Å². The highest BCUT2D eigenvalue weighted by molar-refractivity contribution is 5.93. The van der Waals surface area contributed by atoms with Gasteiger partial charge in [-0.15, -0.1) is 0 Å². The molecule has 0 aromatic rings. The summed E-state index contributed by atoms with van der Waals surface area (Å²) >= 11 is 0. The lowest BCUT2D eigenvalue weighted by Gasteiger charge is -2.10. The van der Waals surface area contributed by atoms with Crippen molar-refractivity contribution in [1.82, 2.24) is 0 Å². The molecule has 0 aromatic carbocycles. The molecule has 0 radical (unpaired) electrons. The average Bonchev–Trinajstić information content (AvgIpc) is 2.00. The molecule has 0 saturated heterocycles. The molecule has 0 aliphatic rings. The summed E-state index contributed by atoms with van der Waals surface area (Å²) in [6.07, 6.45) is 2.44. The van der Waals surface area contributed by atoms with E-state index in [1.54, 1.807) is 19.9 Å². The number of Topliss-reactive ketones (excluding diaryl/α,β-unsaturated/α-hetero) is 1. The Hall–Kier alpha value is -1.10. The summed E-state index contributed by atoms with van der Waals surface area (Å²) in [4.78, 5) is 11.0. The van der Waals surface area contributed by atoms with E-state index in [0.29, 0.717) is 6.42 Å². The fourth-order valence-corrected chi connectivity index (χ4v) is 0.920. The van der Waals surface area contributed by atoms with Crippen molar-refractivity contribution >= 4 is 5.78 Å². The first-order valence-electron chi connectivity index (χ1n) is 4.07. The molecule has 0 aliphatic carbocycles. The van der Waals surface area contributed by atoms with Crippen molar-refractivity contribution in [3.8, 4) is 6.07 Å². The number of allylic oxidation sites excluding steroid dienone is 2. The predicted molar refractivity (Wildman–Crippen MR) is 48.4 cm³/mol. The maximum Gasteiger partial charge on any atom is 0.155 e. The number of carbonyl (C=O) groups is 1. The number of ketones is 1. The Kier molecular flexibility index (Phi) is 3.69. The minimum atomic E-state index is -0.531. The first-order valence-corrected chi connectivity index (χ1v) is 4.07. The molecule has 0 unspecified atom stereocenters. The molecule has 0 saturated carbocycles. The normalized spacial score (nSPS) is 12.4. The maximum atomic E-state index is 11.0. The second kappa shape index (κ2) is 4.06. The molecular weight excluding hydrogens is 150 g/mol. The van der Waals surface area contributed by atoms with Crippen LogP contribution in [0.5, 0.6) is 0 Å². The maximum absolute atomic E-state index is 11.0. The van der Waals surface area contributed by atoms with Crippen LogP contribution in [0.25, 0.3) is 0 Å². The van der Waals surface area contributed by atoms with Crippen LogP contribution in [-0.4, -0.2) is 5.78 Å². The van der Waals surface area contributed by atoms with Gasteiger partial charge in [0.2, 0.25) is 0 Å². The van der Waals surface area contributed by atoms with E-state index in [4.69, 9.17) is 5.26 Å². The third-order valence-corrected chi connectivity index (χ3v) is 1.66. The molecule has 0 atom stereocenters. The van der Waals surface area contributed by atoms with Gasteiger partial charge in [-0.3, -0.25) is 4.79 Å². The van der Waals surface area contributed by atoms with Gasteiger partial charge < -0.3 is 0 Å². The van der Waals surface area contributed by atoms with Gasteiger partial charge in [-0.05, 0) is 32.8 Å². The molecule has 0 spiro atoms. The molecule has 12 heavy (non-hydrogen) atoms. The summed E-state index contributed by atoms with van der Waals surface area (Å²) in [5.74, 6) is 0.0563. The van der Waals surface area contributed by atoms with Gasteiger partial charge in [-0.2, -0.15) is 5.26 Å². The van der Waals surface area contributed by atoms with Crippen LogP contribution in [-0.2, 0) is 4.79 Å². The molecular formula is C10H15NO. The first kappa shape index (κ1) is 10.9. The summed E-state index contributed by atoms with van der Waals surface area (Å²) in [5.41, 5.74) is 0.207. The van der Waals surface area contributed by atoms with Crippen LogP contribution in [0.15, 0.2) is 11.6 Å². The van der Waals surface area contributed by atoms with E-state index >= 15 is 0 Å². The molecule has 0 aliphatic heterocycles. The fourth-order valence-electron chi connectivity index (χ4n) is 0.920. The summed E-state index contributed by atoms with van der Waals surface area (Å²) in [7, 11) is 0. The van der Waals surface area contributed by atoms with E-state index < -0.39 is 5.41 Å². The summed E-state index contributed by atoms with van der Waals surface area (Å²) in [5, 5.41) is 8.71. The SMILES string of the molecule is CC/C(=C\C(C)(C)C#N)C(C)=O. The molecule has 0 rings (SSSR count). The largest absolute Gasteiger partial charge is 0.295 e. The minimum absolute atomic E-state index is 0.0563. The Morgan fingerprint density at radius 1 is 1.58 bits per heavy atom. The summed E-state index contributed by atoms with van der Waals surface area (Å²) in [6, 6.07) is 2.13. The van der Waals surface area contributed by atoms with Gasteiger partial charge in [0.15, 0.2) is 5.78 Å². The first-order chi connectivity index (χ1) is 5.43. The zero-order valence-electron chi connectivity index (χ0n) is 8.14. The zero-order chi connectivity index (χ0) is 9.78. The summed E-state index contributed by atoms with van der Waals surface area (Å²) in [6.45, 7) is 7.04. The van der Waals surface area contributed by atoms with Crippen LogP contribution in [0, 0.1) is 16.7 Å². The number of hydrogen-bond acceptors (Lipinski definition) is 2. The van der Waals surface area contributed by atoms with E-state index in [2.05, 4.69) is 6.07 Å². The third-order valence-electron chi connectivity index (χ3n) is 1.66. The van der Waals surface area contributed by atoms with E-state index in [1.807, 2.05) is 6.92 Å². The average molecular weight is 165 g/mol. The number of rotatable bonds is 3. The monoisotopic (exact) mass is 165 g/mol. The molecule has 2 nitrogen and oxygen atoms in total. The van der Waals surface area contributed by atoms with Crippen molar-refractivity contribution in [3.63, 3.8) is 0 Å². The van der Waals surface area contributed by atoms with Crippen molar-refractivity contribution in [2.45, 2.75) is 34.1 Å². The zero-order valence-corrected chi connectivity index (χ0v) is 8.14. The molecule has 0 heterocycles. The quantitative estimate of drug-likeness (QED) is 0.603. The lowest BCUT2D eigenvalue weighted by Crippen LogP contribution is -2.07. The molecule has 0 aromatic heterocycles. The Morgan fingerprint density at radius 2 is 2.08 bits per heavy atom. The molecule has 0 amide bonds. The van der Waals surface area contributed by atoms with Gasteiger partial charge >= 0.3 is 0 Å². The lowest BCUT2D eigenvalue weighted by molar-refractivity contribution is -0.113. The Morgan fingerprint density at radius 3 is 2.33 bits per heavy atom. The number of nitrogens with zero attached hydrogens (tertiary/aromatic N) is 1. The van der Waals surface area contributed by atoms with Gasteiger partial charge in [0.25, 0.3) is 0 Å². The van der Waals surface area contributed by atoms with Crippen molar-refractivity contribution in [2.24, 2.45) is 5.41 Å². The molecule has 66 valence electrons. The van der Waals surface area contributed by atoms with Crippen molar-refractivity contribution < 1.29 is 4.79 Å². The highest BCUT2D eigenvalue weighted by Gasteiger charge is 2.15. The number of carbonyl (C=O) groups excluding carboxylic acids is 1. The van der Waals surface area contributed by atoms with Crippen molar-refractivity contribution in [1.29, 1.82) is 5.26 Å². The van der Waals surface area contributed by atoms with E-state index in [-0.39, 0.29) is 5.78 Å². The lowest BCUT2D eigenvalue weighted by atomic mass is 9.91. The Balaban J connectivity index is 4.74. The standard InChI is InChI=1S/C10H15NO/c1-5-9(8(2)12)6-10(3,4)7-11/h6H,5H2,1-4H3/b9-6+. The Bertz CT molecular complexity index is 243. The van der Waals surface area contributed by atoms with Crippen molar-refractivity contribution in [2.75, 3.05) is 0 Å². The van der Waals surface area contributed by atoms with Gasteiger partial charge in [-0.25, -0.2) is 0 Å². The smallest absolute Gasteiger partial charge is 0.155 e. The topological polar surface area (TPSA) is 40.9 Å². The third kappa shape index (κ3) is 3.34. The molecule has 0 N–H and O–H groups in total. The van der Waals surface area contributed by atoms with Crippen LogP contribution >= 0.6 is 0 Å². The minimum Gasteiger partial charge on any atom is -0.295 e. The predicted octanol–water partition coefficient (Wildman–Crippen LogP) is 2.46. The van der Waals surface area contributed by atoms with Crippen LogP contribution in [0.1, 0.15) is 34.1 Å². The number of hydrogen-bond donors (Lipinski definition) is 0. The van der Waals surface area contributed by atoms with Gasteiger partial charge in [0.05, 0.1) is 11.5 Å². The highest BCUT2D eigenvalue weighted by atomic mass is 16.1. The van der Waals surface area contributed by atoms with E-state index in [1.165, 1.54) is 6.92 Å². The molecule has 2 heteroatoms. The number of nitriles is 1. The molecule has 0 bridgehead atoms. The van der Waals surface area contributed by atoms with Crippen LogP contribution in [0.2, 0.25) is 0 Å². The van der Waals surface area contributed by atoms with E-state index in [9.17, 15) is 4.79 Å².